The summed E-state index contributed by atoms with van der Waals surface area (Å²) in [5.41, 5.74) is 6.66. The van der Waals surface area contributed by atoms with E-state index in [-0.39, 0.29) is 17.9 Å². The van der Waals surface area contributed by atoms with Gasteiger partial charge in [0, 0.05) is 24.9 Å². The molecule has 1 aromatic carbocycles. The fourth-order valence-corrected chi connectivity index (χ4v) is 3.25. The average molecular weight is 274 g/mol. The predicted molar refractivity (Wildman–Crippen MR) is 77.5 cm³/mol. The lowest BCUT2D eigenvalue weighted by Gasteiger charge is -2.28. The van der Waals surface area contributed by atoms with E-state index in [1.165, 1.54) is 5.56 Å². The van der Waals surface area contributed by atoms with Gasteiger partial charge in [-0.15, -0.1) is 0 Å². The van der Waals surface area contributed by atoms with Crippen molar-refractivity contribution < 1.29 is 9.53 Å². The number of benzene rings is 1. The van der Waals surface area contributed by atoms with Crippen molar-refractivity contribution in [2.45, 2.75) is 44.2 Å². The maximum atomic E-state index is 11.1. The Balaban J connectivity index is 1.43. The largest absolute Gasteiger partial charge is 0.488 e. The molecule has 0 aromatic heterocycles. The third-order valence-electron chi connectivity index (χ3n) is 4.48. The van der Waals surface area contributed by atoms with Gasteiger partial charge in [0.2, 0.25) is 5.91 Å². The van der Waals surface area contributed by atoms with Gasteiger partial charge in [0.05, 0.1) is 0 Å². The highest BCUT2D eigenvalue weighted by atomic mass is 16.5. The first-order valence-electron chi connectivity index (χ1n) is 7.49. The molecule has 0 spiro atoms. The average Bonchev–Trinajstić information content (AvgIpc) is 2.88. The third-order valence-corrected chi connectivity index (χ3v) is 4.48. The molecule has 1 heterocycles. The monoisotopic (exact) mass is 274 g/mol. The van der Waals surface area contributed by atoms with E-state index in [0.29, 0.717) is 6.04 Å². The topological polar surface area (TPSA) is 64.4 Å². The van der Waals surface area contributed by atoms with Crippen LogP contribution in [-0.4, -0.2) is 24.6 Å². The van der Waals surface area contributed by atoms with Gasteiger partial charge >= 0.3 is 0 Å². The number of amides is 1. The first-order chi connectivity index (χ1) is 9.72. The van der Waals surface area contributed by atoms with Gasteiger partial charge in [-0.05, 0) is 37.3 Å². The molecule has 1 aliphatic heterocycles. The number of ether oxygens (including phenoxy) is 1. The van der Waals surface area contributed by atoms with Crippen molar-refractivity contribution >= 4 is 5.91 Å². The summed E-state index contributed by atoms with van der Waals surface area (Å²) >= 11 is 0. The van der Waals surface area contributed by atoms with Crippen molar-refractivity contribution in [3.05, 3.63) is 29.8 Å². The second-order valence-corrected chi connectivity index (χ2v) is 5.91. The number of fused-ring (bicyclic) bond motifs is 1. The smallest absolute Gasteiger partial charge is 0.220 e. The van der Waals surface area contributed by atoms with Crippen LogP contribution < -0.4 is 15.8 Å². The van der Waals surface area contributed by atoms with Crippen LogP contribution in [0.15, 0.2) is 24.3 Å². The van der Waals surface area contributed by atoms with E-state index in [0.717, 1.165) is 44.4 Å². The zero-order valence-electron chi connectivity index (χ0n) is 11.7. The van der Waals surface area contributed by atoms with Crippen LogP contribution in [0.2, 0.25) is 0 Å². The number of hydrogen-bond acceptors (Lipinski definition) is 3. The molecule has 4 heteroatoms. The summed E-state index contributed by atoms with van der Waals surface area (Å²) in [6.45, 7) is 0.876. The van der Waals surface area contributed by atoms with E-state index in [1.54, 1.807) is 0 Å². The molecular weight excluding hydrogens is 252 g/mol. The normalized spacial score (nSPS) is 28.7. The molecule has 1 atom stereocenters. The van der Waals surface area contributed by atoms with Gasteiger partial charge in [0.25, 0.3) is 0 Å². The Hall–Kier alpha value is -1.55. The summed E-state index contributed by atoms with van der Waals surface area (Å²) in [6, 6.07) is 8.74. The Kier molecular flexibility index (Phi) is 3.92. The van der Waals surface area contributed by atoms with Gasteiger partial charge in [0.15, 0.2) is 0 Å². The van der Waals surface area contributed by atoms with E-state index < -0.39 is 0 Å². The van der Waals surface area contributed by atoms with Gasteiger partial charge in [-0.3, -0.25) is 4.79 Å². The highest BCUT2D eigenvalue weighted by molar-refractivity contribution is 5.76. The van der Waals surface area contributed by atoms with Gasteiger partial charge in [0.1, 0.15) is 11.9 Å². The first kappa shape index (κ1) is 13.4. The van der Waals surface area contributed by atoms with Crippen LogP contribution in [0.3, 0.4) is 0 Å². The lowest BCUT2D eigenvalue weighted by molar-refractivity contribution is -0.122. The van der Waals surface area contributed by atoms with Crippen molar-refractivity contribution in [3.63, 3.8) is 0 Å². The van der Waals surface area contributed by atoms with E-state index >= 15 is 0 Å². The molecule has 1 aliphatic carbocycles. The molecule has 0 radical (unpaired) electrons. The number of nitrogens with two attached hydrogens (primary N) is 1. The molecule has 2 aliphatic rings. The molecule has 1 amide bonds. The van der Waals surface area contributed by atoms with Crippen LogP contribution in [0.25, 0.3) is 0 Å². The number of nitrogens with one attached hydrogen (secondary N) is 1. The number of para-hydroxylation sites is 1. The minimum Gasteiger partial charge on any atom is -0.488 e. The zero-order valence-corrected chi connectivity index (χ0v) is 11.7. The number of carbonyl (C=O) groups is 1. The summed E-state index contributed by atoms with van der Waals surface area (Å²) in [4.78, 5) is 11.1. The molecule has 1 unspecified atom stereocenters. The van der Waals surface area contributed by atoms with Crippen molar-refractivity contribution in [2.24, 2.45) is 11.7 Å². The molecule has 20 heavy (non-hydrogen) atoms. The third kappa shape index (κ3) is 2.96. The summed E-state index contributed by atoms with van der Waals surface area (Å²) in [5.74, 6) is 0.967. The van der Waals surface area contributed by atoms with Crippen LogP contribution >= 0.6 is 0 Å². The van der Waals surface area contributed by atoms with E-state index in [1.807, 2.05) is 12.1 Å². The van der Waals surface area contributed by atoms with Crippen LogP contribution in [-0.2, 0) is 11.2 Å². The van der Waals surface area contributed by atoms with Gasteiger partial charge in [-0.2, -0.15) is 0 Å². The quantitative estimate of drug-likeness (QED) is 0.877. The molecule has 3 N–H and O–H groups in total. The van der Waals surface area contributed by atoms with E-state index in [2.05, 4.69) is 17.4 Å². The molecule has 1 saturated carbocycles. The number of hydrogen-bond donors (Lipinski definition) is 2. The first-order valence-corrected chi connectivity index (χ1v) is 7.49. The van der Waals surface area contributed by atoms with E-state index in [9.17, 15) is 4.79 Å². The molecule has 3 rings (SSSR count). The Morgan fingerprint density at radius 3 is 2.70 bits per heavy atom. The Bertz CT molecular complexity index is 456. The molecule has 4 nitrogen and oxygen atoms in total. The van der Waals surface area contributed by atoms with Gasteiger partial charge in [-0.1, -0.05) is 18.2 Å². The minimum atomic E-state index is -0.141. The Morgan fingerprint density at radius 1 is 1.25 bits per heavy atom. The minimum absolute atomic E-state index is 0.0834. The lowest BCUT2D eigenvalue weighted by atomic mass is 9.85. The van der Waals surface area contributed by atoms with Crippen molar-refractivity contribution in [2.75, 3.05) is 6.54 Å². The zero-order chi connectivity index (χ0) is 13.9. The number of carbonyl (C=O) groups excluding carboxylic acids is 1. The maximum Gasteiger partial charge on any atom is 0.220 e. The molecular formula is C16H22N2O2. The standard InChI is InChI=1S/C16H22N2O2/c17-16(19)11-5-7-13(8-6-11)18-10-14-9-12-3-1-2-4-15(12)20-14/h1-4,11,13-14,18H,5-10H2,(H2,17,19). The van der Waals surface area contributed by atoms with Crippen LogP contribution in [0, 0.1) is 5.92 Å². The molecule has 1 fully saturated rings. The van der Waals surface area contributed by atoms with Crippen LogP contribution in [0.1, 0.15) is 31.2 Å². The fourth-order valence-electron chi connectivity index (χ4n) is 3.25. The SMILES string of the molecule is NC(=O)C1CCC(NCC2Cc3ccccc3O2)CC1. The second kappa shape index (κ2) is 5.83. The molecule has 0 saturated heterocycles. The van der Waals surface area contributed by atoms with Gasteiger partial charge in [-0.25, -0.2) is 0 Å². The summed E-state index contributed by atoms with van der Waals surface area (Å²) in [6.07, 6.45) is 5.12. The van der Waals surface area contributed by atoms with Crippen molar-refractivity contribution in [1.29, 1.82) is 0 Å². The maximum absolute atomic E-state index is 11.1. The summed E-state index contributed by atoms with van der Waals surface area (Å²) < 4.78 is 5.92. The van der Waals surface area contributed by atoms with Crippen molar-refractivity contribution in [3.8, 4) is 5.75 Å². The van der Waals surface area contributed by atoms with Crippen LogP contribution in [0.5, 0.6) is 5.75 Å². The highest BCUT2D eigenvalue weighted by Gasteiger charge is 2.26. The summed E-state index contributed by atoms with van der Waals surface area (Å²) in [7, 11) is 0. The Labute approximate surface area is 119 Å². The number of rotatable bonds is 4. The Morgan fingerprint density at radius 2 is 2.00 bits per heavy atom. The number of primary amides is 1. The second-order valence-electron chi connectivity index (χ2n) is 5.91. The molecule has 1 aromatic rings. The fraction of sp³-hybridized carbons (Fsp3) is 0.562. The van der Waals surface area contributed by atoms with Gasteiger partial charge < -0.3 is 15.8 Å². The highest BCUT2D eigenvalue weighted by Crippen LogP contribution is 2.28. The lowest BCUT2D eigenvalue weighted by Crippen LogP contribution is -2.41. The van der Waals surface area contributed by atoms with E-state index in [4.69, 9.17) is 10.5 Å². The molecule has 0 bridgehead atoms. The van der Waals surface area contributed by atoms with Crippen LogP contribution in [0.4, 0.5) is 0 Å². The van der Waals surface area contributed by atoms with Crippen molar-refractivity contribution in [1.82, 2.24) is 5.32 Å². The molecule has 108 valence electrons. The summed E-state index contributed by atoms with van der Waals surface area (Å²) in [5, 5.41) is 3.58. The predicted octanol–water partition coefficient (Wildman–Crippen LogP) is 1.62.